The van der Waals surface area contributed by atoms with Crippen molar-refractivity contribution in [1.82, 2.24) is 0 Å². The normalized spacial score (nSPS) is 10.4. The van der Waals surface area contributed by atoms with Crippen LogP contribution in [-0.4, -0.2) is 10.5 Å². The van der Waals surface area contributed by atoms with E-state index in [4.69, 9.17) is 29.6 Å². The lowest BCUT2D eigenvalue weighted by molar-refractivity contribution is -0.129. The quantitative estimate of drug-likeness (QED) is 0.387. The molecule has 11 heavy (non-hydrogen) atoms. The summed E-state index contributed by atoms with van der Waals surface area (Å²) < 4.78 is 0. The van der Waals surface area contributed by atoms with E-state index in [1.807, 2.05) is 0 Å². The van der Waals surface area contributed by atoms with Crippen LogP contribution in [-0.2, 0) is 9.59 Å². The fourth-order valence-corrected chi connectivity index (χ4v) is 0.774. The maximum absolute atomic E-state index is 10.7. The van der Waals surface area contributed by atoms with Crippen LogP contribution in [0.2, 0.25) is 0 Å². The molecule has 2 nitrogen and oxygen atoms in total. The molecule has 0 atom stereocenters. The third-order valence-corrected chi connectivity index (χ3v) is 2.16. The van der Waals surface area contributed by atoms with Crippen LogP contribution in [0, 0.1) is 17.8 Å². The van der Waals surface area contributed by atoms with Crippen molar-refractivity contribution in [2.24, 2.45) is 5.41 Å². The highest BCUT2D eigenvalue weighted by Crippen LogP contribution is 2.27. The van der Waals surface area contributed by atoms with Gasteiger partial charge in [-0.05, 0) is 30.1 Å². The van der Waals surface area contributed by atoms with Crippen molar-refractivity contribution >= 4 is 33.7 Å². The second-order valence-electron chi connectivity index (χ2n) is 2.26. The Hall–Kier alpha value is -0.520. The van der Waals surface area contributed by atoms with E-state index in [1.54, 1.807) is 0 Å². The molecule has 4 heteroatoms. The Labute approximate surface area is 74.9 Å². The van der Waals surface area contributed by atoms with Crippen LogP contribution in [0.5, 0.6) is 0 Å². The number of hydrogen-bond donors (Lipinski definition) is 0. The number of halogens is 2. The van der Waals surface area contributed by atoms with E-state index in [9.17, 15) is 9.59 Å². The van der Waals surface area contributed by atoms with E-state index in [0.29, 0.717) is 0 Å². The van der Waals surface area contributed by atoms with Crippen LogP contribution in [0.4, 0.5) is 0 Å². The molecular weight excluding hydrogens is 187 g/mol. The van der Waals surface area contributed by atoms with Crippen molar-refractivity contribution in [3.8, 4) is 12.3 Å². The molecule has 0 fully saturated rings. The fourth-order valence-electron chi connectivity index (χ4n) is 0.420. The van der Waals surface area contributed by atoms with Gasteiger partial charge in [-0.15, -0.1) is 12.3 Å². The van der Waals surface area contributed by atoms with E-state index >= 15 is 0 Å². The lowest BCUT2D eigenvalue weighted by atomic mass is 9.90. The summed E-state index contributed by atoms with van der Waals surface area (Å²) in [4.78, 5) is 21.3. The first-order valence-corrected chi connectivity index (χ1v) is 3.54. The zero-order chi connectivity index (χ0) is 9.07. The maximum atomic E-state index is 10.7. The van der Waals surface area contributed by atoms with Gasteiger partial charge in [0.05, 0.1) is 0 Å². The molecule has 0 aromatic carbocycles. The molecule has 0 aliphatic heterocycles. The molecule has 0 bridgehead atoms. The molecule has 0 amide bonds. The summed E-state index contributed by atoms with van der Waals surface area (Å²) in [5, 5.41) is -1.65. The van der Waals surface area contributed by atoms with Crippen LogP contribution in [0.25, 0.3) is 0 Å². The molecule has 0 aliphatic carbocycles. The zero-order valence-electron chi connectivity index (χ0n) is 5.86. The van der Waals surface area contributed by atoms with Crippen LogP contribution >= 0.6 is 23.2 Å². The highest BCUT2D eigenvalue weighted by molar-refractivity contribution is 6.74. The molecule has 0 rings (SSSR count). The molecule has 60 valence electrons. The lowest BCUT2D eigenvalue weighted by Gasteiger charge is -2.16. The van der Waals surface area contributed by atoms with Gasteiger partial charge in [0.2, 0.25) is 10.5 Å². The predicted octanol–water partition coefficient (Wildman–Crippen LogP) is 1.55. The van der Waals surface area contributed by atoms with E-state index in [0.717, 1.165) is 0 Å². The molecule has 0 radical (unpaired) electrons. The number of carbonyl (C=O) groups excluding carboxylic acids is 2. The van der Waals surface area contributed by atoms with E-state index in [2.05, 4.69) is 5.92 Å². The van der Waals surface area contributed by atoms with Gasteiger partial charge in [-0.2, -0.15) is 0 Å². The highest BCUT2D eigenvalue weighted by atomic mass is 35.5. The number of rotatable bonds is 3. The lowest BCUT2D eigenvalue weighted by Crippen LogP contribution is -2.29. The van der Waals surface area contributed by atoms with Crippen LogP contribution in [0.1, 0.15) is 13.3 Å². The molecule has 0 spiro atoms. The van der Waals surface area contributed by atoms with Gasteiger partial charge in [0.25, 0.3) is 0 Å². The number of terminal acetylenes is 1. The van der Waals surface area contributed by atoms with Gasteiger partial charge in [-0.3, -0.25) is 9.59 Å². The summed E-state index contributed by atoms with van der Waals surface area (Å²) in [7, 11) is 0. The van der Waals surface area contributed by atoms with E-state index < -0.39 is 15.9 Å². The van der Waals surface area contributed by atoms with Gasteiger partial charge < -0.3 is 0 Å². The molecular formula is C7H6Cl2O2. The average molecular weight is 193 g/mol. The SMILES string of the molecule is C#CCC(C)(C(=O)Cl)C(=O)Cl. The van der Waals surface area contributed by atoms with Crippen LogP contribution in [0.3, 0.4) is 0 Å². The van der Waals surface area contributed by atoms with Crippen molar-refractivity contribution in [2.45, 2.75) is 13.3 Å². The largest absolute Gasteiger partial charge is 0.280 e. The van der Waals surface area contributed by atoms with Crippen molar-refractivity contribution in [3.63, 3.8) is 0 Å². The molecule has 0 unspecified atom stereocenters. The summed E-state index contributed by atoms with van der Waals surface area (Å²) in [6.07, 6.45) is 4.85. The van der Waals surface area contributed by atoms with Crippen LogP contribution < -0.4 is 0 Å². The first-order chi connectivity index (χ1) is 4.95. The summed E-state index contributed by atoms with van der Waals surface area (Å²) in [5.74, 6) is 2.16. The van der Waals surface area contributed by atoms with E-state index in [1.165, 1.54) is 6.92 Å². The predicted molar refractivity (Wildman–Crippen MR) is 43.3 cm³/mol. The maximum Gasteiger partial charge on any atom is 0.237 e. The standard InChI is InChI=1S/C7H6Cl2O2/c1-3-4-7(2,5(8)10)6(9)11/h1H,4H2,2H3. The van der Waals surface area contributed by atoms with Crippen molar-refractivity contribution < 1.29 is 9.59 Å². The van der Waals surface area contributed by atoms with Gasteiger partial charge in [-0.1, -0.05) is 0 Å². The van der Waals surface area contributed by atoms with Gasteiger partial charge >= 0.3 is 0 Å². The van der Waals surface area contributed by atoms with Gasteiger partial charge in [-0.25, -0.2) is 0 Å². The van der Waals surface area contributed by atoms with Crippen molar-refractivity contribution in [3.05, 3.63) is 0 Å². The Balaban J connectivity index is 4.70. The second kappa shape index (κ2) is 3.75. The molecule has 0 saturated carbocycles. The molecule has 0 aliphatic rings. The number of carbonyl (C=O) groups is 2. The Morgan fingerprint density at radius 2 is 1.82 bits per heavy atom. The minimum Gasteiger partial charge on any atom is -0.280 e. The Bertz CT molecular complexity index is 213. The first-order valence-electron chi connectivity index (χ1n) is 2.78. The summed E-state index contributed by atoms with van der Waals surface area (Å²) in [6, 6.07) is 0. The first kappa shape index (κ1) is 10.5. The highest BCUT2D eigenvalue weighted by Gasteiger charge is 2.37. The molecule has 0 aromatic heterocycles. The van der Waals surface area contributed by atoms with Gasteiger partial charge in [0.15, 0.2) is 0 Å². The summed E-state index contributed by atoms with van der Waals surface area (Å²) in [6.45, 7) is 1.32. The molecule has 0 saturated heterocycles. The topological polar surface area (TPSA) is 34.1 Å². The van der Waals surface area contributed by atoms with Gasteiger partial charge in [0, 0.05) is 6.42 Å². The van der Waals surface area contributed by atoms with E-state index in [-0.39, 0.29) is 6.42 Å². The van der Waals surface area contributed by atoms with Crippen LogP contribution in [0.15, 0.2) is 0 Å². The van der Waals surface area contributed by atoms with Gasteiger partial charge in [0.1, 0.15) is 5.41 Å². The summed E-state index contributed by atoms with van der Waals surface area (Å²) >= 11 is 10.2. The minimum absolute atomic E-state index is 0.0718. The van der Waals surface area contributed by atoms with Crippen molar-refractivity contribution in [2.75, 3.05) is 0 Å². The molecule has 0 heterocycles. The Morgan fingerprint density at radius 3 is 1.91 bits per heavy atom. The Kier molecular flexibility index (Phi) is 3.57. The summed E-state index contributed by atoms with van der Waals surface area (Å²) in [5.41, 5.74) is -1.43. The molecule has 0 N–H and O–H groups in total. The smallest absolute Gasteiger partial charge is 0.237 e. The third kappa shape index (κ3) is 2.21. The zero-order valence-corrected chi connectivity index (χ0v) is 7.37. The number of hydrogen-bond acceptors (Lipinski definition) is 2. The average Bonchev–Trinajstić information content (AvgIpc) is 1.87. The minimum atomic E-state index is -1.43. The fraction of sp³-hybridized carbons (Fsp3) is 0.429. The second-order valence-corrected chi connectivity index (χ2v) is 2.95. The monoisotopic (exact) mass is 192 g/mol. The molecule has 0 aromatic rings. The third-order valence-electron chi connectivity index (χ3n) is 1.32. The van der Waals surface area contributed by atoms with Crippen molar-refractivity contribution in [1.29, 1.82) is 0 Å². The Morgan fingerprint density at radius 1 is 1.45 bits per heavy atom.